The molecule has 2 amide bonds. The lowest BCUT2D eigenvalue weighted by molar-refractivity contribution is -0.149. The zero-order chi connectivity index (χ0) is 23.2. The number of rotatable bonds is 8. The van der Waals surface area contributed by atoms with Gasteiger partial charge in [0, 0.05) is 25.0 Å². The molecule has 3 N–H and O–H groups in total. The number of benzene rings is 2. The summed E-state index contributed by atoms with van der Waals surface area (Å²) in [6.07, 6.45) is 0.941. The predicted molar refractivity (Wildman–Crippen MR) is 119 cm³/mol. The van der Waals surface area contributed by atoms with Gasteiger partial charge in [0.2, 0.25) is 0 Å². The van der Waals surface area contributed by atoms with E-state index in [1.54, 1.807) is 0 Å². The number of carbonyl (C=O) groups excluding carboxylic acids is 2. The van der Waals surface area contributed by atoms with Crippen LogP contribution in [0.1, 0.15) is 29.9 Å². The number of piperidine rings is 1. The fourth-order valence-corrected chi connectivity index (χ4v) is 4.46. The maximum Gasteiger partial charge on any atom is 0.407 e. The Kier molecular flexibility index (Phi) is 7.21. The smallest absolute Gasteiger partial charge is 0.407 e. The van der Waals surface area contributed by atoms with Crippen molar-refractivity contribution in [2.75, 3.05) is 32.8 Å². The molecule has 0 saturated carbocycles. The molecular weight excluding hydrogens is 426 g/mol. The number of hydrogen-bond acceptors (Lipinski definition) is 6. The van der Waals surface area contributed by atoms with Gasteiger partial charge in [0.25, 0.3) is 5.91 Å². The van der Waals surface area contributed by atoms with Crippen molar-refractivity contribution in [3.63, 3.8) is 0 Å². The van der Waals surface area contributed by atoms with Crippen molar-refractivity contribution in [1.82, 2.24) is 15.7 Å². The highest BCUT2D eigenvalue weighted by Gasteiger charge is 2.29. The van der Waals surface area contributed by atoms with Crippen LogP contribution in [-0.4, -0.2) is 66.9 Å². The molecule has 1 aliphatic carbocycles. The molecule has 2 aromatic carbocycles. The van der Waals surface area contributed by atoms with Gasteiger partial charge >= 0.3 is 12.1 Å². The van der Waals surface area contributed by atoms with Crippen molar-refractivity contribution in [1.29, 1.82) is 0 Å². The van der Waals surface area contributed by atoms with E-state index in [1.165, 1.54) is 22.3 Å². The number of ether oxygens (including phenoxy) is 1. The van der Waals surface area contributed by atoms with Crippen LogP contribution in [-0.2, 0) is 19.2 Å². The summed E-state index contributed by atoms with van der Waals surface area (Å²) in [6.45, 7) is 1.05. The number of fused-ring (bicyclic) bond motifs is 3. The zero-order valence-electron chi connectivity index (χ0n) is 18.2. The molecule has 9 heteroatoms. The Morgan fingerprint density at radius 1 is 0.970 bits per heavy atom. The summed E-state index contributed by atoms with van der Waals surface area (Å²) in [5, 5.41) is 11.4. The lowest BCUT2D eigenvalue weighted by Crippen LogP contribution is -2.47. The van der Waals surface area contributed by atoms with E-state index in [4.69, 9.17) is 9.84 Å². The molecule has 0 aromatic heterocycles. The van der Waals surface area contributed by atoms with Gasteiger partial charge in [0.05, 0.1) is 6.54 Å². The number of aliphatic carboxylic acids is 1. The third-order valence-electron chi connectivity index (χ3n) is 6.00. The van der Waals surface area contributed by atoms with Gasteiger partial charge in [0.15, 0.2) is 6.61 Å². The molecule has 2 aliphatic rings. The van der Waals surface area contributed by atoms with Crippen LogP contribution < -0.4 is 10.8 Å². The Hall–Kier alpha value is -3.43. The number of nitrogens with zero attached hydrogens (tertiary/aromatic N) is 1. The Labute approximate surface area is 191 Å². The summed E-state index contributed by atoms with van der Waals surface area (Å²) >= 11 is 0. The predicted octanol–water partition coefficient (Wildman–Crippen LogP) is 2.12. The summed E-state index contributed by atoms with van der Waals surface area (Å²) in [5.41, 5.74) is 6.83. The van der Waals surface area contributed by atoms with Crippen LogP contribution in [0.2, 0.25) is 0 Å². The van der Waals surface area contributed by atoms with Gasteiger partial charge in [0.1, 0.15) is 6.61 Å². The van der Waals surface area contributed by atoms with Gasteiger partial charge in [-0.1, -0.05) is 48.5 Å². The summed E-state index contributed by atoms with van der Waals surface area (Å²) in [5.74, 6) is -1.54. The Balaban J connectivity index is 1.21. The van der Waals surface area contributed by atoms with Gasteiger partial charge in [-0.15, -0.1) is 0 Å². The molecule has 0 atom stereocenters. The number of carbonyl (C=O) groups is 3. The van der Waals surface area contributed by atoms with E-state index in [-0.39, 0.29) is 25.1 Å². The number of nitrogens with one attached hydrogen (secondary N) is 2. The number of alkyl carbamates (subject to hydrolysis) is 1. The van der Waals surface area contributed by atoms with Gasteiger partial charge in [-0.05, 0) is 35.1 Å². The molecule has 33 heavy (non-hydrogen) atoms. The van der Waals surface area contributed by atoms with Crippen LogP contribution in [0.15, 0.2) is 48.5 Å². The van der Waals surface area contributed by atoms with Gasteiger partial charge in [-0.2, -0.15) is 0 Å². The first-order chi connectivity index (χ1) is 16.0. The molecule has 0 unspecified atom stereocenters. The van der Waals surface area contributed by atoms with Crippen molar-refractivity contribution < 1.29 is 29.1 Å². The number of hydroxylamine groups is 1. The minimum Gasteiger partial charge on any atom is -0.479 e. The number of carboxylic acids is 1. The van der Waals surface area contributed by atoms with Gasteiger partial charge < -0.3 is 15.2 Å². The highest BCUT2D eigenvalue weighted by molar-refractivity contribution is 5.79. The van der Waals surface area contributed by atoms with E-state index in [1.807, 2.05) is 29.2 Å². The zero-order valence-corrected chi connectivity index (χ0v) is 18.2. The van der Waals surface area contributed by atoms with Gasteiger partial charge in [-0.3, -0.25) is 14.5 Å². The second-order valence-electron chi connectivity index (χ2n) is 8.23. The van der Waals surface area contributed by atoms with Crippen LogP contribution in [0.3, 0.4) is 0 Å². The number of carboxylic acid groups (broad SMARTS) is 1. The summed E-state index contributed by atoms with van der Waals surface area (Å²) in [6, 6.07) is 16.4. The SMILES string of the molecule is O=C(O)CONC(=O)CN1CCC(NC(=O)OCC2c3ccccc3-c3ccccc32)CC1. The van der Waals surface area contributed by atoms with Gasteiger partial charge in [-0.25, -0.2) is 15.1 Å². The second kappa shape index (κ2) is 10.5. The van der Waals surface area contributed by atoms with Crippen LogP contribution in [0.4, 0.5) is 4.79 Å². The summed E-state index contributed by atoms with van der Waals surface area (Å²) in [7, 11) is 0. The number of likely N-dealkylation sites (tertiary alicyclic amines) is 1. The van der Waals surface area contributed by atoms with Crippen LogP contribution in [0, 0.1) is 0 Å². The maximum absolute atomic E-state index is 12.4. The molecule has 1 saturated heterocycles. The fourth-order valence-electron chi connectivity index (χ4n) is 4.46. The number of amides is 2. The molecule has 9 nitrogen and oxygen atoms in total. The Bertz CT molecular complexity index is 973. The van der Waals surface area contributed by atoms with Crippen LogP contribution >= 0.6 is 0 Å². The van der Waals surface area contributed by atoms with Crippen molar-refractivity contribution in [2.24, 2.45) is 0 Å². The lowest BCUT2D eigenvalue weighted by atomic mass is 9.98. The fraction of sp³-hybridized carbons (Fsp3) is 0.375. The van der Waals surface area contributed by atoms with E-state index in [0.29, 0.717) is 25.9 Å². The molecule has 0 spiro atoms. The minimum absolute atomic E-state index is 0.0202. The standard InChI is InChI=1S/C24H27N3O6/c28-22(26-33-15-23(29)30)13-27-11-9-16(10-12-27)25-24(31)32-14-21-19-7-3-1-5-17(19)18-6-2-4-8-20(18)21/h1-8,16,21H,9-15H2,(H,25,31)(H,26,28)(H,29,30). The van der Waals surface area contributed by atoms with E-state index in [9.17, 15) is 14.4 Å². The van der Waals surface area contributed by atoms with Crippen LogP contribution in [0.5, 0.6) is 0 Å². The summed E-state index contributed by atoms with van der Waals surface area (Å²) in [4.78, 5) is 41.1. The monoisotopic (exact) mass is 453 g/mol. The molecule has 174 valence electrons. The molecule has 4 rings (SSSR count). The maximum atomic E-state index is 12.4. The Morgan fingerprint density at radius 2 is 1.58 bits per heavy atom. The first-order valence-corrected chi connectivity index (χ1v) is 11.0. The van der Waals surface area contributed by atoms with Crippen molar-refractivity contribution in [3.05, 3.63) is 59.7 Å². The normalized spacial score (nSPS) is 16.0. The largest absolute Gasteiger partial charge is 0.479 e. The third-order valence-corrected chi connectivity index (χ3v) is 6.00. The van der Waals surface area contributed by atoms with E-state index in [0.717, 1.165) is 0 Å². The molecule has 0 bridgehead atoms. The highest BCUT2D eigenvalue weighted by Crippen LogP contribution is 2.44. The Morgan fingerprint density at radius 3 is 2.18 bits per heavy atom. The molecule has 1 heterocycles. The molecular formula is C24H27N3O6. The quantitative estimate of drug-likeness (QED) is 0.524. The average molecular weight is 453 g/mol. The van der Waals surface area contributed by atoms with Crippen LogP contribution in [0.25, 0.3) is 11.1 Å². The molecule has 1 aliphatic heterocycles. The average Bonchev–Trinajstić information content (AvgIpc) is 3.12. The highest BCUT2D eigenvalue weighted by atomic mass is 16.7. The molecule has 2 aromatic rings. The second-order valence-corrected chi connectivity index (χ2v) is 8.23. The topological polar surface area (TPSA) is 117 Å². The number of hydrogen-bond donors (Lipinski definition) is 3. The van der Waals surface area contributed by atoms with E-state index >= 15 is 0 Å². The first kappa shape index (κ1) is 22.8. The van der Waals surface area contributed by atoms with Crippen molar-refractivity contribution >= 4 is 18.0 Å². The van der Waals surface area contributed by atoms with Crippen molar-refractivity contribution in [2.45, 2.75) is 24.8 Å². The summed E-state index contributed by atoms with van der Waals surface area (Å²) < 4.78 is 5.61. The molecule has 0 radical (unpaired) electrons. The van der Waals surface area contributed by atoms with E-state index < -0.39 is 24.6 Å². The molecule has 1 fully saturated rings. The minimum atomic E-state index is -1.16. The third kappa shape index (κ3) is 5.68. The van der Waals surface area contributed by atoms with Crippen molar-refractivity contribution in [3.8, 4) is 11.1 Å². The first-order valence-electron chi connectivity index (χ1n) is 11.0. The van der Waals surface area contributed by atoms with E-state index in [2.05, 4.69) is 39.9 Å². The lowest BCUT2D eigenvalue weighted by Gasteiger charge is -2.31.